The number of nitrogens with zero attached hydrogens (tertiary/aromatic N) is 2. The molecule has 0 aromatic heterocycles. The second-order valence-electron chi connectivity index (χ2n) is 4.19. The molecule has 0 aliphatic carbocycles. The highest BCUT2D eigenvalue weighted by Gasteiger charge is 2.33. The highest BCUT2D eigenvalue weighted by molar-refractivity contribution is 9.10. The van der Waals surface area contributed by atoms with Gasteiger partial charge in [0.05, 0.1) is 11.3 Å². The maximum atomic E-state index is 12.0. The zero-order chi connectivity index (χ0) is 14.0. The monoisotopic (exact) mass is 338 g/mol. The van der Waals surface area contributed by atoms with Gasteiger partial charge in [-0.15, -0.1) is 0 Å². The Kier molecular flexibility index (Phi) is 4.27. The lowest BCUT2D eigenvalue weighted by atomic mass is 10.2. The molecular weight excluding hydrogens is 328 g/mol. The predicted octanol–water partition coefficient (Wildman–Crippen LogP) is 2.71. The molecule has 1 fully saturated rings. The number of thioether (sulfide) groups is 1. The van der Waals surface area contributed by atoms with E-state index in [1.54, 1.807) is 23.1 Å². The Balaban J connectivity index is 2.29. The molecule has 2 rings (SSSR count). The van der Waals surface area contributed by atoms with Crippen LogP contribution < -0.4 is 4.90 Å². The molecule has 0 bridgehead atoms. The van der Waals surface area contributed by atoms with Gasteiger partial charge in [0.25, 0.3) is 0 Å². The van der Waals surface area contributed by atoms with Gasteiger partial charge in [-0.05, 0) is 28.1 Å². The molecule has 0 spiro atoms. The molecule has 4 nitrogen and oxygen atoms in total. The molecule has 98 valence electrons. The number of amides is 1. The van der Waals surface area contributed by atoms with Crippen molar-refractivity contribution in [2.24, 2.45) is 0 Å². The standard InChI is InChI=1S/C13H11BrN2O2S/c1-8(17)19-9-5-13(18)16(7-9)12-4-2-3-11(14)10(12)6-15/h2-4,9H,5,7H2,1H3. The Labute approximate surface area is 123 Å². The summed E-state index contributed by atoms with van der Waals surface area (Å²) in [5.41, 5.74) is 1.05. The number of benzene rings is 1. The lowest BCUT2D eigenvalue weighted by Gasteiger charge is -2.18. The van der Waals surface area contributed by atoms with E-state index in [0.29, 0.717) is 28.7 Å². The maximum Gasteiger partial charge on any atom is 0.228 e. The summed E-state index contributed by atoms with van der Waals surface area (Å²) in [5.74, 6) is -0.0478. The van der Waals surface area contributed by atoms with Crippen molar-refractivity contribution < 1.29 is 9.59 Å². The fourth-order valence-corrected chi connectivity index (χ4v) is 3.43. The van der Waals surface area contributed by atoms with Gasteiger partial charge in [-0.1, -0.05) is 17.8 Å². The largest absolute Gasteiger partial charge is 0.310 e. The number of carbonyl (C=O) groups excluding carboxylic acids is 2. The van der Waals surface area contributed by atoms with Gasteiger partial charge in [-0.25, -0.2) is 0 Å². The summed E-state index contributed by atoms with van der Waals surface area (Å²) < 4.78 is 0.669. The Morgan fingerprint density at radius 3 is 2.95 bits per heavy atom. The highest BCUT2D eigenvalue weighted by Crippen LogP contribution is 2.33. The second-order valence-corrected chi connectivity index (χ2v) is 6.52. The van der Waals surface area contributed by atoms with E-state index in [-0.39, 0.29) is 16.3 Å². The minimum absolute atomic E-state index is 0.00870. The number of hydrogen-bond acceptors (Lipinski definition) is 4. The maximum absolute atomic E-state index is 12.0. The van der Waals surface area contributed by atoms with E-state index in [4.69, 9.17) is 0 Å². The molecule has 0 radical (unpaired) electrons. The van der Waals surface area contributed by atoms with Crippen LogP contribution in [-0.2, 0) is 9.59 Å². The third-order valence-corrected chi connectivity index (χ3v) is 4.46. The van der Waals surface area contributed by atoms with Gasteiger partial charge in [0.15, 0.2) is 5.12 Å². The average molecular weight is 339 g/mol. The van der Waals surface area contributed by atoms with Gasteiger partial charge in [0.1, 0.15) is 6.07 Å². The minimum atomic E-state index is -0.0478. The van der Waals surface area contributed by atoms with Crippen LogP contribution in [0.5, 0.6) is 0 Å². The van der Waals surface area contributed by atoms with E-state index in [1.807, 2.05) is 0 Å². The van der Waals surface area contributed by atoms with Crippen LogP contribution in [0.4, 0.5) is 5.69 Å². The normalized spacial score (nSPS) is 18.5. The van der Waals surface area contributed by atoms with Gasteiger partial charge >= 0.3 is 0 Å². The fourth-order valence-electron chi connectivity index (χ4n) is 2.07. The predicted molar refractivity (Wildman–Crippen MR) is 77.9 cm³/mol. The first-order chi connectivity index (χ1) is 9.02. The summed E-state index contributed by atoms with van der Waals surface area (Å²) in [4.78, 5) is 24.7. The molecule has 1 saturated heterocycles. The summed E-state index contributed by atoms with van der Waals surface area (Å²) in [7, 11) is 0. The van der Waals surface area contributed by atoms with Gasteiger partial charge in [-0.2, -0.15) is 5.26 Å². The van der Waals surface area contributed by atoms with Crippen molar-refractivity contribution >= 4 is 44.4 Å². The highest BCUT2D eigenvalue weighted by atomic mass is 79.9. The quantitative estimate of drug-likeness (QED) is 0.831. The van der Waals surface area contributed by atoms with Crippen molar-refractivity contribution in [3.05, 3.63) is 28.2 Å². The number of carbonyl (C=O) groups is 2. The Bertz CT molecular complexity index is 582. The van der Waals surface area contributed by atoms with E-state index < -0.39 is 0 Å². The topological polar surface area (TPSA) is 61.2 Å². The Morgan fingerprint density at radius 2 is 2.32 bits per heavy atom. The van der Waals surface area contributed by atoms with Gasteiger partial charge < -0.3 is 4.90 Å². The molecule has 0 N–H and O–H groups in total. The van der Waals surface area contributed by atoms with Crippen LogP contribution >= 0.6 is 27.7 Å². The Morgan fingerprint density at radius 1 is 1.58 bits per heavy atom. The van der Waals surface area contributed by atoms with Crippen LogP contribution in [0.15, 0.2) is 22.7 Å². The number of rotatable bonds is 2. The molecule has 19 heavy (non-hydrogen) atoms. The number of anilines is 1. The molecule has 1 aliphatic heterocycles. The summed E-state index contributed by atoms with van der Waals surface area (Å²) >= 11 is 4.50. The molecule has 0 saturated carbocycles. The van der Waals surface area contributed by atoms with E-state index >= 15 is 0 Å². The summed E-state index contributed by atoms with van der Waals surface area (Å²) in [6.07, 6.45) is 0.335. The van der Waals surface area contributed by atoms with Crippen LogP contribution in [-0.4, -0.2) is 22.8 Å². The SMILES string of the molecule is CC(=O)SC1CC(=O)N(c2cccc(Br)c2C#N)C1. The first-order valence-corrected chi connectivity index (χ1v) is 7.36. The summed E-state index contributed by atoms with van der Waals surface area (Å²) in [5, 5.41) is 9.16. The van der Waals surface area contributed by atoms with Crippen molar-refractivity contribution in [2.45, 2.75) is 18.6 Å². The van der Waals surface area contributed by atoms with Crippen molar-refractivity contribution in [1.29, 1.82) is 5.26 Å². The molecule has 1 amide bonds. The van der Waals surface area contributed by atoms with Crippen molar-refractivity contribution in [3.8, 4) is 6.07 Å². The van der Waals surface area contributed by atoms with E-state index in [9.17, 15) is 14.9 Å². The third kappa shape index (κ3) is 2.99. The smallest absolute Gasteiger partial charge is 0.228 e. The molecule has 1 unspecified atom stereocenters. The van der Waals surface area contributed by atoms with Crippen LogP contribution in [0.2, 0.25) is 0 Å². The zero-order valence-electron chi connectivity index (χ0n) is 10.2. The molecule has 1 aromatic carbocycles. The molecule has 1 aromatic rings. The van der Waals surface area contributed by atoms with E-state index in [0.717, 1.165) is 0 Å². The molecule has 1 heterocycles. The van der Waals surface area contributed by atoms with Crippen molar-refractivity contribution in [1.82, 2.24) is 0 Å². The summed E-state index contributed by atoms with van der Waals surface area (Å²) in [6.45, 7) is 1.96. The van der Waals surface area contributed by atoms with Crippen molar-refractivity contribution in [2.75, 3.05) is 11.4 Å². The van der Waals surface area contributed by atoms with Crippen LogP contribution in [0, 0.1) is 11.3 Å². The van der Waals surface area contributed by atoms with Crippen LogP contribution in [0.3, 0.4) is 0 Å². The number of nitriles is 1. The van der Waals surface area contributed by atoms with E-state index in [2.05, 4.69) is 22.0 Å². The first-order valence-electron chi connectivity index (χ1n) is 5.69. The van der Waals surface area contributed by atoms with Crippen LogP contribution in [0.25, 0.3) is 0 Å². The van der Waals surface area contributed by atoms with E-state index in [1.165, 1.54) is 18.7 Å². The van der Waals surface area contributed by atoms with Crippen molar-refractivity contribution in [3.63, 3.8) is 0 Å². The van der Waals surface area contributed by atoms with Crippen LogP contribution in [0.1, 0.15) is 18.9 Å². The minimum Gasteiger partial charge on any atom is -0.310 e. The molecule has 1 atom stereocenters. The zero-order valence-corrected chi connectivity index (χ0v) is 12.6. The summed E-state index contributed by atoms with van der Waals surface area (Å²) in [6, 6.07) is 7.41. The molecular formula is C13H11BrN2O2S. The van der Waals surface area contributed by atoms with Gasteiger partial charge in [0, 0.05) is 29.6 Å². The Hall–Kier alpha value is -1.32. The average Bonchev–Trinajstić information content (AvgIpc) is 2.68. The number of halogens is 1. The lowest BCUT2D eigenvalue weighted by molar-refractivity contribution is -0.117. The molecule has 6 heteroatoms. The number of hydrogen-bond donors (Lipinski definition) is 0. The lowest BCUT2D eigenvalue weighted by Crippen LogP contribution is -2.25. The van der Waals surface area contributed by atoms with Gasteiger partial charge in [0.2, 0.25) is 5.91 Å². The molecule has 1 aliphatic rings. The first kappa shape index (κ1) is 14.1. The third-order valence-electron chi connectivity index (χ3n) is 2.82. The van der Waals surface area contributed by atoms with Gasteiger partial charge in [-0.3, -0.25) is 9.59 Å². The second kappa shape index (κ2) is 5.76. The fraction of sp³-hybridized carbons (Fsp3) is 0.308.